The third kappa shape index (κ3) is 6.20. The Hall–Kier alpha value is -8.38. The fourth-order valence-electron chi connectivity index (χ4n) is 10.00. The fraction of sp³-hybridized carbons (Fsp3) is 0. The molecule has 0 fully saturated rings. The number of para-hydroxylation sites is 5. The number of rotatable bonds is 7. The van der Waals surface area contributed by atoms with Crippen molar-refractivity contribution >= 4 is 88.4 Å². The summed E-state index contributed by atoms with van der Waals surface area (Å²) in [4.78, 5) is 9.26. The van der Waals surface area contributed by atoms with E-state index in [1.807, 2.05) is 54.7 Å². The van der Waals surface area contributed by atoms with Crippen LogP contribution in [0.2, 0.25) is 0 Å². The Kier molecular flexibility index (Phi) is 9.34. The van der Waals surface area contributed by atoms with Gasteiger partial charge in [0.1, 0.15) is 22.6 Å². The summed E-state index contributed by atoms with van der Waals surface area (Å²) in [5, 5.41) is 5.87. The van der Waals surface area contributed by atoms with Crippen molar-refractivity contribution in [3.63, 3.8) is 0 Å². The molecule has 0 N–H and O–H groups in total. The Morgan fingerprint density at radius 3 is 1.94 bits per heavy atom. The SMILES string of the molecule is [Pt].[c-]1c(N2[CH-]N(c3c(-c4ccccc4)cccc3-c3ccccc3)c3ccccc32)cc2c(oc3c2ccc2oc4ccccc4c23)c1Oc1[c-]c2c(cc1)c1ccccc1n2-c1ccccn1. The van der Waals surface area contributed by atoms with Crippen molar-refractivity contribution in [2.45, 2.75) is 0 Å². The maximum Gasteiger partial charge on any atom is 0.139 e. The molecule has 0 bridgehead atoms. The van der Waals surface area contributed by atoms with Crippen LogP contribution in [0, 0.1) is 18.8 Å². The van der Waals surface area contributed by atoms with E-state index in [9.17, 15) is 0 Å². The molecule has 326 valence electrons. The average molecular weight is 1060 g/mol. The van der Waals surface area contributed by atoms with Crippen LogP contribution in [-0.4, -0.2) is 9.55 Å². The second-order valence-corrected chi connectivity index (χ2v) is 16.7. The molecule has 9 aromatic carbocycles. The van der Waals surface area contributed by atoms with Gasteiger partial charge in [-0.2, -0.15) is 6.07 Å². The Balaban J connectivity index is 0.00000457. The molecule has 68 heavy (non-hydrogen) atoms. The summed E-state index contributed by atoms with van der Waals surface area (Å²) in [6, 6.07) is 76.4. The predicted octanol–water partition coefficient (Wildman–Crippen LogP) is 16.1. The predicted molar refractivity (Wildman–Crippen MR) is 270 cm³/mol. The van der Waals surface area contributed by atoms with E-state index in [0.717, 1.165) is 111 Å². The van der Waals surface area contributed by atoms with Gasteiger partial charge in [0.25, 0.3) is 0 Å². The molecule has 0 atom stereocenters. The van der Waals surface area contributed by atoms with Crippen LogP contribution in [0.3, 0.4) is 0 Å². The van der Waals surface area contributed by atoms with Crippen LogP contribution in [0.15, 0.2) is 215 Å². The number of ether oxygens (including phenoxy) is 1. The topological polar surface area (TPSA) is 59.8 Å². The van der Waals surface area contributed by atoms with Gasteiger partial charge >= 0.3 is 0 Å². The molecule has 13 aromatic rings. The van der Waals surface area contributed by atoms with Crippen molar-refractivity contribution in [1.29, 1.82) is 0 Å². The zero-order valence-corrected chi connectivity index (χ0v) is 38.3. The van der Waals surface area contributed by atoms with Crippen LogP contribution in [0.1, 0.15) is 0 Å². The Labute approximate surface area is 404 Å². The number of pyridine rings is 1. The second kappa shape index (κ2) is 15.9. The molecule has 0 unspecified atom stereocenters. The van der Waals surface area contributed by atoms with Gasteiger partial charge in [-0.25, -0.2) is 4.98 Å². The molecule has 1 aliphatic rings. The second-order valence-electron chi connectivity index (χ2n) is 16.7. The van der Waals surface area contributed by atoms with Crippen LogP contribution in [0.5, 0.6) is 11.5 Å². The number of hydrogen-bond acceptors (Lipinski definition) is 6. The zero-order valence-electron chi connectivity index (χ0n) is 36.0. The molecule has 0 radical (unpaired) electrons. The number of aromatic nitrogens is 2. The van der Waals surface area contributed by atoms with Crippen LogP contribution in [-0.2, 0) is 21.1 Å². The summed E-state index contributed by atoms with van der Waals surface area (Å²) in [7, 11) is 0. The van der Waals surface area contributed by atoms with Crippen LogP contribution < -0.4 is 14.5 Å². The summed E-state index contributed by atoms with van der Waals surface area (Å²) in [5.74, 6) is 1.74. The number of furan rings is 2. The smallest absolute Gasteiger partial charge is 0.139 e. The third-order valence-corrected chi connectivity index (χ3v) is 12.9. The molecule has 8 heteroatoms. The minimum absolute atomic E-state index is 0. The molecule has 1 aliphatic heterocycles. The van der Waals surface area contributed by atoms with E-state index in [1.54, 1.807) is 0 Å². The largest absolute Gasteiger partial charge is 0.511 e. The van der Waals surface area contributed by atoms with E-state index >= 15 is 0 Å². The van der Waals surface area contributed by atoms with Gasteiger partial charge in [0.15, 0.2) is 0 Å². The van der Waals surface area contributed by atoms with Gasteiger partial charge in [-0.05, 0) is 65.0 Å². The first-order valence-corrected chi connectivity index (χ1v) is 22.3. The van der Waals surface area contributed by atoms with Crippen LogP contribution >= 0.6 is 0 Å². The van der Waals surface area contributed by atoms with E-state index in [4.69, 9.17) is 18.6 Å². The van der Waals surface area contributed by atoms with Gasteiger partial charge in [-0.1, -0.05) is 150 Å². The van der Waals surface area contributed by atoms with Crippen molar-refractivity contribution in [1.82, 2.24) is 9.55 Å². The first-order chi connectivity index (χ1) is 33.2. The standard InChI is InChI=1S/C60H35N4O3.Pt/c1-3-16-38(17-4-1)42-22-15-23-43(39-18-5-2-6-19-39)58(42)63-37-62(50-25-10-11-26-51(50)63)40-34-48-46-31-32-54-57(47-21-8-12-27-53(47)66-54)60(46)67-59(48)55(35-40)65-41-29-30-45-44-20-7-9-24-49(44)64(52(45)36-41)56-28-13-14-33-61-56;/h1-34,37H;/q-3;. The molecule has 0 spiro atoms. The summed E-state index contributed by atoms with van der Waals surface area (Å²) in [6.07, 6.45) is 1.81. The molecular formula is C60H35N4O3Pt-3. The minimum Gasteiger partial charge on any atom is -0.511 e. The fourth-order valence-corrected chi connectivity index (χ4v) is 10.00. The van der Waals surface area contributed by atoms with E-state index in [0.29, 0.717) is 17.1 Å². The Bertz CT molecular complexity index is 4010. The van der Waals surface area contributed by atoms with Gasteiger partial charge in [0.05, 0.1) is 16.7 Å². The monoisotopic (exact) mass is 1050 g/mol. The Morgan fingerprint density at radius 2 is 1.18 bits per heavy atom. The first kappa shape index (κ1) is 39.9. The van der Waals surface area contributed by atoms with Crippen molar-refractivity contribution in [3.05, 3.63) is 225 Å². The molecule has 0 aliphatic carbocycles. The van der Waals surface area contributed by atoms with E-state index in [1.165, 1.54) is 0 Å². The van der Waals surface area contributed by atoms with Gasteiger partial charge in [0.2, 0.25) is 0 Å². The van der Waals surface area contributed by atoms with Crippen molar-refractivity contribution in [2.24, 2.45) is 0 Å². The summed E-state index contributed by atoms with van der Waals surface area (Å²) in [6.45, 7) is 2.17. The maximum absolute atomic E-state index is 7.03. The van der Waals surface area contributed by atoms with Crippen molar-refractivity contribution < 1.29 is 34.6 Å². The molecule has 0 saturated carbocycles. The van der Waals surface area contributed by atoms with Crippen molar-refractivity contribution in [3.8, 4) is 39.6 Å². The average Bonchev–Trinajstić information content (AvgIpc) is 4.16. The van der Waals surface area contributed by atoms with Crippen LogP contribution in [0.25, 0.3) is 93.8 Å². The minimum atomic E-state index is 0. The number of anilines is 4. The molecule has 0 saturated heterocycles. The number of hydrogen-bond donors (Lipinski definition) is 0. The number of nitrogens with zero attached hydrogens (tertiary/aromatic N) is 4. The third-order valence-electron chi connectivity index (χ3n) is 12.9. The van der Waals surface area contributed by atoms with E-state index < -0.39 is 0 Å². The summed E-state index contributed by atoms with van der Waals surface area (Å²) in [5.41, 5.74) is 13.1. The molecule has 7 nitrogen and oxygen atoms in total. The Morgan fingerprint density at radius 1 is 0.500 bits per heavy atom. The van der Waals surface area contributed by atoms with E-state index in [-0.39, 0.29) is 21.1 Å². The molecule has 14 rings (SSSR count). The van der Waals surface area contributed by atoms with Gasteiger partial charge < -0.3 is 27.9 Å². The summed E-state index contributed by atoms with van der Waals surface area (Å²) < 4.78 is 22.5. The molecule has 4 aromatic heterocycles. The van der Waals surface area contributed by atoms with Gasteiger partial charge in [0, 0.05) is 77.5 Å². The first-order valence-electron chi connectivity index (χ1n) is 22.3. The maximum atomic E-state index is 7.03. The van der Waals surface area contributed by atoms with Gasteiger partial charge in [-0.3, -0.25) is 0 Å². The number of fused-ring (bicyclic) bond motifs is 11. The number of benzene rings is 9. The van der Waals surface area contributed by atoms with E-state index in [2.05, 4.69) is 185 Å². The van der Waals surface area contributed by atoms with Gasteiger partial charge in [-0.15, -0.1) is 36.3 Å². The molecular weight excluding hydrogens is 1020 g/mol. The zero-order chi connectivity index (χ0) is 44.0. The molecule has 0 amide bonds. The molecule has 5 heterocycles. The van der Waals surface area contributed by atoms with Crippen LogP contribution in [0.4, 0.5) is 22.7 Å². The summed E-state index contributed by atoms with van der Waals surface area (Å²) >= 11 is 0. The normalized spacial score (nSPS) is 12.5. The van der Waals surface area contributed by atoms with Crippen molar-refractivity contribution in [2.75, 3.05) is 9.80 Å². The quantitative estimate of drug-likeness (QED) is 0.148.